The van der Waals surface area contributed by atoms with Gasteiger partial charge in [0.15, 0.2) is 0 Å². The molecule has 10 aliphatic rings. The third-order valence-corrected chi connectivity index (χ3v) is 27.0. The molecule has 18 atom stereocenters. The molecule has 8 heteroatoms. The molecule has 0 heterocycles. The summed E-state index contributed by atoms with van der Waals surface area (Å²) < 4.78 is 0. The maximum Gasteiger partial charge on any atom is 0.226 e. The Bertz CT molecular complexity index is 2080. The topological polar surface area (TPSA) is 139 Å². The number of nitrogens with one attached hydrogen (secondary N) is 2. The van der Waals surface area contributed by atoms with Crippen LogP contribution in [0.25, 0.3) is 0 Å². The van der Waals surface area contributed by atoms with Crippen molar-refractivity contribution in [1.29, 1.82) is 0 Å². The Hall–Kier alpha value is -1.74. The number of hydrogen-bond donors (Lipinski definition) is 6. The number of aliphatic hydroxyl groups excluding tert-OH is 4. The number of carbonyl (C=O) groups excluding carboxylic acids is 2. The van der Waals surface area contributed by atoms with E-state index in [0.29, 0.717) is 56.0 Å². The van der Waals surface area contributed by atoms with Crippen LogP contribution in [0, 0.1) is 100 Å². The van der Waals surface area contributed by atoms with Crippen LogP contribution in [0.4, 0.5) is 0 Å². The van der Waals surface area contributed by atoms with E-state index in [0.717, 1.165) is 103 Å². The van der Waals surface area contributed by atoms with E-state index in [1.165, 1.54) is 0 Å². The zero-order chi connectivity index (χ0) is 51.8. The maximum absolute atomic E-state index is 15.0. The molecular weight excluding hydrogens is 881 g/mol. The van der Waals surface area contributed by atoms with Gasteiger partial charge in [0.1, 0.15) is 0 Å². The molecule has 10 aliphatic carbocycles. The van der Waals surface area contributed by atoms with Crippen LogP contribution in [0.2, 0.25) is 0 Å². The van der Waals surface area contributed by atoms with Crippen molar-refractivity contribution in [1.82, 2.24) is 10.6 Å². The van der Waals surface area contributed by atoms with Gasteiger partial charge >= 0.3 is 0 Å². The van der Waals surface area contributed by atoms with Crippen molar-refractivity contribution in [2.75, 3.05) is 13.1 Å². The van der Waals surface area contributed by atoms with Gasteiger partial charge in [0, 0.05) is 13.1 Å². The van der Waals surface area contributed by atoms with Gasteiger partial charge < -0.3 is 31.1 Å². The summed E-state index contributed by atoms with van der Waals surface area (Å²) in [6.45, 7) is 34.6. The summed E-state index contributed by atoms with van der Waals surface area (Å²) >= 11 is 0. The lowest BCUT2D eigenvalue weighted by Crippen LogP contribution is -2.67. The van der Waals surface area contributed by atoms with Crippen LogP contribution in [0.3, 0.4) is 0 Å². The number of aliphatic hydroxyl groups is 4. The quantitative estimate of drug-likeness (QED) is 0.116. The van der Waals surface area contributed by atoms with Gasteiger partial charge in [0.2, 0.25) is 11.8 Å². The van der Waals surface area contributed by atoms with E-state index in [1.54, 1.807) is 11.1 Å². The first-order valence-corrected chi connectivity index (χ1v) is 29.5. The standard InChI is InChI=1S/C63H102N2O6/c1-52(2)24-28-62(30-26-58(11)38(40(62)34-52)16-18-46-56(9)36-42(66)48(68)54(5,6)44(56)20-22-60(46,58)13)50(70)64-32-15-33-65-51(71)63-29-25-53(3,4)35-41(63)39-17-19-47-57(10)37-43(67)49(69)55(7,8)45(57)21-23-61(47,14)59(39,12)27-31-63/h16-17,40-49,66-69H,15,18-37H2,1-14H3,(H,64,70)(H,65,71)/t40-,41-,42+,43+,44-,45-,46+,47+,48-,49-,56-,57-,58+,59+,60+,61+,62-,63-/m0/s1. The SMILES string of the molecule is CC1(C)CC[C@]2(C(=O)NCCCNC(=O)[C@]34CCC(C)(C)C[C@H]3C3=CC[C@@H]5[C@@]6(C)C[C@@H](O)[C@H](O)C(C)(C)[C@@H]6CC[C@@]5(C)[C@]3(C)CC4)CC[C@]3(C)C(=CC[C@@H]4[C@@]5(C)C[C@@H](O)[C@H](O)C(C)(C)[C@@H]5CC[C@]43C)[C@@H]2C1. The van der Waals surface area contributed by atoms with Crippen molar-refractivity contribution in [2.24, 2.45) is 100 Å². The van der Waals surface area contributed by atoms with Crippen molar-refractivity contribution in [3.8, 4) is 0 Å². The van der Waals surface area contributed by atoms with Gasteiger partial charge in [0.05, 0.1) is 35.2 Å². The highest BCUT2D eigenvalue weighted by molar-refractivity contribution is 5.85. The summed E-state index contributed by atoms with van der Waals surface area (Å²) in [5, 5.41) is 52.2. The molecule has 2 amide bonds. The Labute approximate surface area is 431 Å². The van der Waals surface area contributed by atoms with Crippen LogP contribution in [0.15, 0.2) is 23.3 Å². The Morgan fingerprint density at radius 1 is 0.479 bits per heavy atom. The summed E-state index contributed by atoms with van der Waals surface area (Å²) in [6, 6.07) is 0. The zero-order valence-electron chi connectivity index (χ0n) is 47.4. The molecule has 8 saturated carbocycles. The van der Waals surface area contributed by atoms with Gasteiger partial charge in [0.25, 0.3) is 0 Å². The van der Waals surface area contributed by atoms with Gasteiger partial charge in [-0.2, -0.15) is 0 Å². The first-order chi connectivity index (χ1) is 32.8. The number of allylic oxidation sites excluding steroid dienone is 4. The lowest BCUT2D eigenvalue weighted by molar-refractivity contribution is -0.231. The lowest BCUT2D eigenvalue weighted by Gasteiger charge is -2.71. The fourth-order valence-corrected chi connectivity index (χ4v) is 22.4. The number of amides is 2. The predicted molar refractivity (Wildman–Crippen MR) is 284 cm³/mol. The summed E-state index contributed by atoms with van der Waals surface area (Å²) in [6.07, 6.45) is 20.5. The van der Waals surface area contributed by atoms with E-state index in [1.807, 2.05) is 0 Å². The van der Waals surface area contributed by atoms with Crippen LogP contribution in [0.1, 0.15) is 219 Å². The Kier molecular flexibility index (Phi) is 12.2. The third-order valence-electron chi connectivity index (χ3n) is 27.0. The molecule has 71 heavy (non-hydrogen) atoms. The van der Waals surface area contributed by atoms with Crippen molar-refractivity contribution in [3.63, 3.8) is 0 Å². The average molecular weight is 984 g/mol. The molecule has 0 aliphatic heterocycles. The number of fused-ring (bicyclic) bond motifs is 14. The highest BCUT2D eigenvalue weighted by atomic mass is 16.3. The minimum absolute atomic E-state index is 0.0330. The number of hydrogen-bond acceptors (Lipinski definition) is 6. The minimum Gasteiger partial charge on any atom is -0.390 e. The smallest absolute Gasteiger partial charge is 0.226 e. The molecule has 0 spiro atoms. The molecule has 0 bridgehead atoms. The molecule has 0 aromatic heterocycles. The van der Waals surface area contributed by atoms with E-state index in [-0.39, 0.29) is 77.8 Å². The molecular formula is C63H102N2O6. The zero-order valence-corrected chi connectivity index (χ0v) is 47.4. The van der Waals surface area contributed by atoms with Gasteiger partial charge in [-0.15, -0.1) is 0 Å². The molecule has 0 saturated heterocycles. The van der Waals surface area contributed by atoms with Crippen molar-refractivity contribution < 1.29 is 30.0 Å². The molecule has 0 radical (unpaired) electrons. The van der Waals surface area contributed by atoms with E-state index in [4.69, 9.17) is 0 Å². The molecule has 10 rings (SSSR count). The fourth-order valence-electron chi connectivity index (χ4n) is 22.4. The maximum atomic E-state index is 15.0. The van der Waals surface area contributed by atoms with Gasteiger partial charge in [-0.3, -0.25) is 9.59 Å². The highest BCUT2D eigenvalue weighted by Crippen LogP contribution is 2.78. The van der Waals surface area contributed by atoms with Gasteiger partial charge in [-0.1, -0.05) is 120 Å². The second-order valence-corrected chi connectivity index (χ2v) is 31.7. The van der Waals surface area contributed by atoms with E-state index in [2.05, 4.69) is 120 Å². The fraction of sp³-hybridized carbons (Fsp3) is 0.905. The first-order valence-electron chi connectivity index (χ1n) is 29.5. The molecule has 400 valence electrons. The molecule has 0 aromatic carbocycles. The second-order valence-electron chi connectivity index (χ2n) is 31.7. The lowest BCUT2D eigenvalue weighted by atomic mass is 9.33. The molecule has 0 aromatic rings. The summed E-state index contributed by atoms with van der Waals surface area (Å²) in [5.74, 6) is 2.37. The first kappa shape index (κ1) is 52.7. The highest BCUT2D eigenvalue weighted by Gasteiger charge is 2.72. The van der Waals surface area contributed by atoms with Crippen LogP contribution in [-0.4, -0.2) is 69.7 Å². The van der Waals surface area contributed by atoms with Crippen LogP contribution < -0.4 is 10.6 Å². The third kappa shape index (κ3) is 7.04. The molecule has 8 fully saturated rings. The normalized spacial score (nSPS) is 51.9. The number of carbonyl (C=O) groups is 2. The summed E-state index contributed by atoms with van der Waals surface area (Å²) in [7, 11) is 0. The second kappa shape index (κ2) is 16.4. The average Bonchev–Trinajstić information content (AvgIpc) is 3.27. The van der Waals surface area contributed by atoms with Gasteiger partial charge in [-0.25, -0.2) is 0 Å². The summed E-state index contributed by atoms with van der Waals surface area (Å²) in [5.41, 5.74) is 1.72. The molecule has 0 unspecified atom stereocenters. The van der Waals surface area contributed by atoms with Gasteiger partial charge in [-0.05, 0) is 212 Å². The van der Waals surface area contributed by atoms with Crippen molar-refractivity contribution >= 4 is 11.8 Å². The van der Waals surface area contributed by atoms with E-state index in [9.17, 15) is 20.4 Å². The molecule has 8 nitrogen and oxygen atoms in total. The van der Waals surface area contributed by atoms with Crippen LogP contribution in [-0.2, 0) is 9.59 Å². The Morgan fingerprint density at radius 2 is 0.831 bits per heavy atom. The van der Waals surface area contributed by atoms with E-state index >= 15 is 9.59 Å². The van der Waals surface area contributed by atoms with Crippen molar-refractivity contribution in [3.05, 3.63) is 23.3 Å². The monoisotopic (exact) mass is 983 g/mol. The number of rotatable bonds is 6. The van der Waals surface area contributed by atoms with Crippen LogP contribution >= 0.6 is 0 Å². The minimum atomic E-state index is -0.706. The Balaban J connectivity index is 0.835. The van der Waals surface area contributed by atoms with Crippen molar-refractivity contribution in [2.45, 2.75) is 243 Å². The Morgan fingerprint density at radius 3 is 1.20 bits per heavy atom. The van der Waals surface area contributed by atoms with E-state index < -0.39 is 35.2 Å². The largest absolute Gasteiger partial charge is 0.390 e. The summed E-state index contributed by atoms with van der Waals surface area (Å²) in [4.78, 5) is 30.0. The molecule has 6 N–H and O–H groups in total. The van der Waals surface area contributed by atoms with Crippen LogP contribution in [0.5, 0.6) is 0 Å². The predicted octanol–water partition coefficient (Wildman–Crippen LogP) is 11.9.